The third-order valence-electron chi connectivity index (χ3n) is 10.6. The van der Waals surface area contributed by atoms with Crippen LogP contribution in [0.15, 0.2) is 0 Å². The van der Waals surface area contributed by atoms with E-state index in [4.69, 9.17) is 14.2 Å². The van der Waals surface area contributed by atoms with Crippen LogP contribution in [-0.2, 0) is 19.0 Å². The Morgan fingerprint density at radius 2 is 1.33 bits per heavy atom. The van der Waals surface area contributed by atoms with E-state index in [2.05, 4.69) is 6.92 Å². The number of carbonyl (C=O) groups is 1. The molecule has 9 rings (SSSR count). The molecule has 8 saturated carbocycles. The smallest absolute Gasteiger partial charge is 0.312 e. The molecule has 2 unspecified atom stereocenters. The second-order valence-electron chi connectivity index (χ2n) is 13.2. The fraction of sp³-hybridized carbons (Fsp3) is 0.962. The lowest BCUT2D eigenvalue weighted by Gasteiger charge is -2.64. The van der Waals surface area contributed by atoms with Gasteiger partial charge in [-0.2, -0.15) is 0 Å². The summed E-state index contributed by atoms with van der Waals surface area (Å²) < 4.78 is 19.1. The minimum atomic E-state index is -0.323. The molecule has 0 N–H and O–H groups in total. The van der Waals surface area contributed by atoms with Gasteiger partial charge in [0.05, 0.1) is 25.2 Å². The minimum absolute atomic E-state index is 0.101. The van der Waals surface area contributed by atoms with Gasteiger partial charge in [-0.15, -0.1) is 0 Å². The SMILES string of the molecule is CC12CC3CC(C1)C1(OCC(COC(=O)C45CC6CC(CC(C6)C4)C5)CO1)C(C3)C2. The Hall–Kier alpha value is -0.610. The molecule has 1 aliphatic heterocycles. The summed E-state index contributed by atoms with van der Waals surface area (Å²) in [6.45, 7) is 4.36. The van der Waals surface area contributed by atoms with E-state index in [0.717, 1.165) is 42.9 Å². The molecular formula is C26H38O4. The first-order chi connectivity index (χ1) is 14.4. The van der Waals surface area contributed by atoms with Crippen LogP contribution in [0.5, 0.6) is 0 Å². The maximum Gasteiger partial charge on any atom is 0.312 e. The number of esters is 1. The van der Waals surface area contributed by atoms with Crippen molar-refractivity contribution >= 4 is 5.97 Å². The van der Waals surface area contributed by atoms with E-state index in [9.17, 15) is 4.79 Å². The highest BCUT2D eigenvalue weighted by Crippen LogP contribution is 2.65. The van der Waals surface area contributed by atoms with Crippen LogP contribution in [0.4, 0.5) is 0 Å². The van der Waals surface area contributed by atoms with Crippen molar-refractivity contribution in [2.75, 3.05) is 19.8 Å². The van der Waals surface area contributed by atoms with Crippen LogP contribution < -0.4 is 0 Å². The molecule has 0 aromatic carbocycles. The summed E-state index contributed by atoms with van der Waals surface area (Å²) in [6.07, 6.45) is 13.9. The second-order valence-corrected chi connectivity index (χ2v) is 13.2. The summed E-state index contributed by atoms with van der Waals surface area (Å²) in [5.41, 5.74) is 0.377. The molecule has 9 fully saturated rings. The van der Waals surface area contributed by atoms with Gasteiger partial charge < -0.3 is 14.2 Å². The zero-order valence-electron chi connectivity index (χ0n) is 18.6. The fourth-order valence-corrected chi connectivity index (χ4v) is 10.2. The van der Waals surface area contributed by atoms with E-state index in [-0.39, 0.29) is 23.1 Å². The minimum Gasteiger partial charge on any atom is -0.465 e. The molecule has 30 heavy (non-hydrogen) atoms. The molecule has 4 nitrogen and oxygen atoms in total. The van der Waals surface area contributed by atoms with Gasteiger partial charge in [0, 0.05) is 17.8 Å². The average molecular weight is 415 g/mol. The van der Waals surface area contributed by atoms with Gasteiger partial charge in [-0.05, 0) is 99.7 Å². The summed E-state index contributed by atoms with van der Waals surface area (Å²) in [5, 5.41) is 0. The molecule has 0 amide bonds. The van der Waals surface area contributed by atoms with Gasteiger partial charge in [-0.1, -0.05) is 6.92 Å². The van der Waals surface area contributed by atoms with Gasteiger partial charge in [0.25, 0.3) is 0 Å². The van der Waals surface area contributed by atoms with Crippen LogP contribution in [0.2, 0.25) is 0 Å². The molecule has 166 valence electrons. The first kappa shape index (κ1) is 18.9. The monoisotopic (exact) mass is 414 g/mol. The largest absolute Gasteiger partial charge is 0.465 e. The molecule has 8 bridgehead atoms. The summed E-state index contributed by atoms with van der Waals surface area (Å²) in [6, 6.07) is 0. The van der Waals surface area contributed by atoms with Gasteiger partial charge in [0.15, 0.2) is 5.79 Å². The van der Waals surface area contributed by atoms with Crippen LogP contribution in [0.3, 0.4) is 0 Å². The quantitative estimate of drug-likeness (QED) is 0.613. The topological polar surface area (TPSA) is 44.8 Å². The molecule has 1 saturated heterocycles. The molecular weight excluding hydrogens is 376 g/mol. The molecule has 4 heteroatoms. The Morgan fingerprint density at radius 3 is 1.87 bits per heavy atom. The van der Waals surface area contributed by atoms with E-state index in [1.165, 1.54) is 51.4 Å². The molecule has 0 radical (unpaired) electrons. The van der Waals surface area contributed by atoms with Crippen LogP contribution in [0.1, 0.15) is 77.6 Å². The van der Waals surface area contributed by atoms with Crippen molar-refractivity contribution in [3.05, 3.63) is 0 Å². The Kier molecular flexibility index (Phi) is 3.94. The zero-order valence-corrected chi connectivity index (χ0v) is 18.6. The molecule has 1 heterocycles. The summed E-state index contributed by atoms with van der Waals surface area (Å²) >= 11 is 0. The van der Waals surface area contributed by atoms with Crippen LogP contribution in [-0.4, -0.2) is 31.6 Å². The third kappa shape index (κ3) is 2.68. The normalized spacial score (nSPS) is 57.8. The molecule has 8 aliphatic carbocycles. The number of hydrogen-bond acceptors (Lipinski definition) is 4. The molecule has 0 aromatic rings. The second kappa shape index (κ2) is 6.25. The van der Waals surface area contributed by atoms with E-state index in [0.29, 0.717) is 37.1 Å². The fourth-order valence-electron chi connectivity index (χ4n) is 10.2. The third-order valence-corrected chi connectivity index (χ3v) is 10.6. The number of carbonyl (C=O) groups excluding carboxylic acids is 1. The van der Waals surface area contributed by atoms with E-state index in [1.807, 2.05) is 0 Å². The number of hydrogen-bond donors (Lipinski definition) is 0. The van der Waals surface area contributed by atoms with Crippen molar-refractivity contribution in [2.24, 2.45) is 52.3 Å². The molecule has 0 aromatic heterocycles. The van der Waals surface area contributed by atoms with E-state index >= 15 is 0 Å². The van der Waals surface area contributed by atoms with Crippen molar-refractivity contribution in [1.29, 1.82) is 0 Å². The standard InChI is InChI=1S/C26H38O4/c1-24-7-19-5-21(11-24)26(22(6-19)12-24)29-14-20(15-30-26)13-28-23(27)25-8-16-2-17(9-25)4-18(3-16)10-25/h16-22H,2-15H2,1H3. The Bertz CT molecular complexity index is 682. The lowest BCUT2D eigenvalue weighted by molar-refractivity contribution is -0.376. The molecule has 2 atom stereocenters. The Morgan fingerprint density at radius 1 is 0.800 bits per heavy atom. The maximum absolute atomic E-state index is 13.2. The van der Waals surface area contributed by atoms with Gasteiger partial charge in [0.1, 0.15) is 0 Å². The van der Waals surface area contributed by atoms with Crippen molar-refractivity contribution in [1.82, 2.24) is 0 Å². The van der Waals surface area contributed by atoms with E-state index < -0.39 is 0 Å². The summed E-state index contributed by atoms with van der Waals surface area (Å²) in [4.78, 5) is 13.2. The van der Waals surface area contributed by atoms with Crippen molar-refractivity contribution in [3.63, 3.8) is 0 Å². The number of ether oxygens (including phenoxy) is 3. The van der Waals surface area contributed by atoms with Gasteiger partial charge in [-0.25, -0.2) is 0 Å². The molecule has 9 aliphatic rings. The summed E-state index contributed by atoms with van der Waals surface area (Å²) in [5.74, 6) is 4.36. The first-order valence-electron chi connectivity index (χ1n) is 12.9. The Labute approximate surface area is 180 Å². The highest BCUT2D eigenvalue weighted by atomic mass is 16.7. The lowest BCUT2D eigenvalue weighted by Crippen LogP contribution is -2.65. The predicted octanol–water partition coefficient (Wildman–Crippen LogP) is 4.95. The lowest BCUT2D eigenvalue weighted by atomic mass is 9.47. The van der Waals surface area contributed by atoms with Gasteiger partial charge >= 0.3 is 5.97 Å². The van der Waals surface area contributed by atoms with Gasteiger partial charge in [0.2, 0.25) is 0 Å². The van der Waals surface area contributed by atoms with Crippen LogP contribution in [0.25, 0.3) is 0 Å². The highest BCUT2D eigenvalue weighted by molar-refractivity contribution is 5.77. The van der Waals surface area contributed by atoms with Crippen molar-refractivity contribution < 1.29 is 19.0 Å². The zero-order chi connectivity index (χ0) is 20.1. The van der Waals surface area contributed by atoms with Crippen molar-refractivity contribution in [2.45, 2.75) is 83.3 Å². The average Bonchev–Trinajstić information content (AvgIpc) is 2.69. The predicted molar refractivity (Wildman–Crippen MR) is 111 cm³/mol. The van der Waals surface area contributed by atoms with Crippen LogP contribution >= 0.6 is 0 Å². The molecule has 1 spiro atoms. The van der Waals surface area contributed by atoms with Crippen LogP contribution in [0, 0.1) is 52.3 Å². The maximum atomic E-state index is 13.2. The van der Waals surface area contributed by atoms with Gasteiger partial charge in [-0.3, -0.25) is 4.79 Å². The van der Waals surface area contributed by atoms with Crippen molar-refractivity contribution in [3.8, 4) is 0 Å². The Balaban J connectivity index is 0.976. The highest BCUT2D eigenvalue weighted by Gasteiger charge is 2.63. The number of rotatable bonds is 3. The summed E-state index contributed by atoms with van der Waals surface area (Å²) in [7, 11) is 0. The first-order valence-corrected chi connectivity index (χ1v) is 12.9. The van der Waals surface area contributed by atoms with E-state index in [1.54, 1.807) is 0 Å².